The molecule has 1 aromatic heterocycles. The molecule has 0 amide bonds. The summed E-state index contributed by atoms with van der Waals surface area (Å²) in [6, 6.07) is 6.83. The van der Waals surface area contributed by atoms with Crippen LogP contribution in [0, 0.1) is 5.41 Å². The van der Waals surface area contributed by atoms with E-state index in [1.165, 1.54) is 12.1 Å². The molecule has 4 nitrogen and oxygen atoms in total. The molecule has 0 radical (unpaired) electrons. The highest BCUT2D eigenvalue weighted by molar-refractivity contribution is 5.51. The van der Waals surface area contributed by atoms with E-state index in [0.717, 1.165) is 43.8 Å². The minimum atomic E-state index is -4.41. The molecule has 1 aromatic carbocycles. The molecule has 2 saturated heterocycles. The molecule has 1 atom stereocenters. The van der Waals surface area contributed by atoms with Gasteiger partial charge in [-0.1, -0.05) is 19.1 Å². The second-order valence-corrected chi connectivity index (χ2v) is 8.64. The van der Waals surface area contributed by atoms with E-state index in [1.807, 2.05) is 20.0 Å². The summed E-state index contributed by atoms with van der Waals surface area (Å²) in [5, 5.41) is 12.0. The van der Waals surface area contributed by atoms with E-state index < -0.39 is 22.8 Å². The Balaban J connectivity index is 1.79. The monoisotopic (exact) mass is 405 g/mol. The van der Waals surface area contributed by atoms with Crippen LogP contribution in [0.3, 0.4) is 0 Å². The normalized spacial score (nSPS) is 21.7. The van der Waals surface area contributed by atoms with Crippen LogP contribution in [-0.2, 0) is 11.8 Å². The van der Waals surface area contributed by atoms with Crippen molar-refractivity contribution in [1.82, 2.24) is 9.88 Å². The zero-order valence-electron chi connectivity index (χ0n) is 16.7. The average Bonchev–Trinajstić information content (AvgIpc) is 3.20. The summed E-state index contributed by atoms with van der Waals surface area (Å²) >= 11 is 0. The number of benzene rings is 1. The Morgan fingerprint density at radius 2 is 1.55 bits per heavy atom. The van der Waals surface area contributed by atoms with Gasteiger partial charge in [0.15, 0.2) is 0 Å². The summed E-state index contributed by atoms with van der Waals surface area (Å²) in [6.45, 7) is 5.15. The molecule has 0 spiro atoms. The van der Waals surface area contributed by atoms with Crippen molar-refractivity contribution in [3.63, 3.8) is 0 Å². The first-order valence-electron chi connectivity index (χ1n) is 9.93. The van der Waals surface area contributed by atoms with Crippen molar-refractivity contribution in [2.24, 2.45) is 5.41 Å². The van der Waals surface area contributed by atoms with Crippen LogP contribution >= 0.6 is 0 Å². The molecule has 2 aromatic rings. The summed E-state index contributed by atoms with van der Waals surface area (Å²) in [7, 11) is 1.97. The molecule has 1 N–H and O–H groups in total. The number of rotatable bonds is 4. The molecule has 7 heteroatoms. The SMILES string of the molecule is CN1CC(C)(C(O)(c2ccc(C(F)(F)F)cc2)c2cncc(N3CCCC3)c2)C1. The first kappa shape index (κ1) is 20.2. The second kappa shape index (κ2) is 6.99. The highest BCUT2D eigenvalue weighted by Gasteiger charge is 2.55. The third-order valence-electron chi connectivity index (χ3n) is 6.35. The van der Waals surface area contributed by atoms with E-state index in [1.54, 1.807) is 12.4 Å². The van der Waals surface area contributed by atoms with E-state index in [0.29, 0.717) is 24.2 Å². The molecule has 0 aliphatic carbocycles. The maximum absolute atomic E-state index is 13.0. The van der Waals surface area contributed by atoms with Crippen LogP contribution in [0.4, 0.5) is 18.9 Å². The lowest BCUT2D eigenvalue weighted by atomic mass is 9.62. The van der Waals surface area contributed by atoms with Gasteiger partial charge in [0.05, 0.1) is 17.4 Å². The van der Waals surface area contributed by atoms with Crippen LogP contribution < -0.4 is 4.90 Å². The Labute approximate surface area is 169 Å². The first-order valence-corrected chi connectivity index (χ1v) is 9.93. The fourth-order valence-corrected chi connectivity index (χ4v) is 4.91. The lowest BCUT2D eigenvalue weighted by Gasteiger charge is -2.56. The number of aromatic nitrogens is 1. The van der Waals surface area contributed by atoms with Gasteiger partial charge in [0.2, 0.25) is 0 Å². The number of anilines is 1. The topological polar surface area (TPSA) is 39.6 Å². The number of alkyl halides is 3. The van der Waals surface area contributed by atoms with Crippen molar-refractivity contribution in [1.29, 1.82) is 0 Å². The molecular formula is C22H26F3N3O. The lowest BCUT2D eigenvalue weighted by molar-refractivity contribution is -0.138. The third-order valence-corrected chi connectivity index (χ3v) is 6.35. The maximum atomic E-state index is 13.0. The van der Waals surface area contributed by atoms with Crippen LogP contribution in [0.5, 0.6) is 0 Å². The minimum absolute atomic E-state index is 0.460. The number of nitrogens with zero attached hydrogens (tertiary/aromatic N) is 3. The average molecular weight is 405 g/mol. The van der Waals surface area contributed by atoms with Gasteiger partial charge in [-0.15, -0.1) is 0 Å². The van der Waals surface area contributed by atoms with Gasteiger partial charge in [0, 0.05) is 43.4 Å². The summed E-state index contributed by atoms with van der Waals surface area (Å²) in [5.74, 6) is 0. The van der Waals surface area contributed by atoms with Crippen molar-refractivity contribution in [3.8, 4) is 0 Å². The van der Waals surface area contributed by atoms with Crippen LogP contribution in [0.2, 0.25) is 0 Å². The Morgan fingerprint density at radius 3 is 2.10 bits per heavy atom. The molecule has 3 heterocycles. The standard InChI is InChI=1S/C22H26F3N3O/c1-20(14-27(2)15-20)21(29,16-5-7-17(8-6-16)22(23,24)25)18-11-19(13-26-12-18)28-9-3-4-10-28/h5-8,11-13,29H,3-4,9-10,14-15H2,1-2H3. The van der Waals surface area contributed by atoms with E-state index in [-0.39, 0.29) is 0 Å². The van der Waals surface area contributed by atoms with E-state index in [4.69, 9.17) is 0 Å². The predicted molar refractivity (Wildman–Crippen MR) is 106 cm³/mol. The van der Waals surface area contributed by atoms with E-state index >= 15 is 0 Å². The molecule has 0 saturated carbocycles. The van der Waals surface area contributed by atoms with Crippen LogP contribution in [0.25, 0.3) is 0 Å². The molecular weight excluding hydrogens is 379 g/mol. The van der Waals surface area contributed by atoms with Gasteiger partial charge in [-0.2, -0.15) is 13.2 Å². The number of hydrogen-bond acceptors (Lipinski definition) is 4. The zero-order chi connectivity index (χ0) is 20.9. The minimum Gasteiger partial charge on any atom is -0.380 e. The van der Waals surface area contributed by atoms with Gasteiger partial charge in [-0.05, 0) is 43.7 Å². The van der Waals surface area contributed by atoms with E-state index in [9.17, 15) is 18.3 Å². The quantitative estimate of drug-likeness (QED) is 0.838. The van der Waals surface area contributed by atoms with E-state index in [2.05, 4.69) is 14.8 Å². The second-order valence-electron chi connectivity index (χ2n) is 8.64. The van der Waals surface area contributed by atoms with Gasteiger partial charge in [0.1, 0.15) is 5.60 Å². The number of hydrogen-bond donors (Lipinski definition) is 1. The summed E-state index contributed by atoms with van der Waals surface area (Å²) in [6.07, 6.45) is 1.26. The van der Waals surface area contributed by atoms with Gasteiger partial charge in [-0.3, -0.25) is 4.98 Å². The molecule has 156 valence electrons. The Bertz CT molecular complexity index is 872. The molecule has 2 aliphatic rings. The summed E-state index contributed by atoms with van der Waals surface area (Å²) in [4.78, 5) is 8.70. The Morgan fingerprint density at radius 1 is 0.966 bits per heavy atom. The fraction of sp³-hybridized carbons (Fsp3) is 0.500. The molecule has 4 rings (SSSR count). The lowest BCUT2D eigenvalue weighted by Crippen LogP contribution is -2.63. The number of halogens is 3. The zero-order valence-corrected chi connectivity index (χ0v) is 16.7. The summed E-state index contributed by atoms with van der Waals surface area (Å²) in [5.41, 5.74) is -0.664. The molecule has 1 unspecified atom stereocenters. The Hall–Kier alpha value is -2.12. The van der Waals surface area contributed by atoms with Crippen molar-refractivity contribution < 1.29 is 18.3 Å². The third kappa shape index (κ3) is 3.40. The van der Waals surface area contributed by atoms with Crippen molar-refractivity contribution in [2.75, 3.05) is 38.1 Å². The van der Waals surface area contributed by atoms with Crippen LogP contribution in [-0.4, -0.2) is 48.2 Å². The number of likely N-dealkylation sites (tertiary alicyclic amines) is 1. The van der Waals surface area contributed by atoms with Crippen LogP contribution in [0.15, 0.2) is 42.7 Å². The number of aliphatic hydroxyl groups is 1. The van der Waals surface area contributed by atoms with Gasteiger partial charge in [0.25, 0.3) is 0 Å². The molecule has 29 heavy (non-hydrogen) atoms. The first-order chi connectivity index (χ1) is 13.6. The van der Waals surface area contributed by atoms with Gasteiger partial charge < -0.3 is 14.9 Å². The highest BCUT2D eigenvalue weighted by atomic mass is 19.4. The molecule has 2 fully saturated rings. The maximum Gasteiger partial charge on any atom is 0.416 e. The molecule has 2 aliphatic heterocycles. The fourth-order valence-electron chi connectivity index (χ4n) is 4.91. The predicted octanol–water partition coefficient (Wildman–Crippen LogP) is 3.89. The largest absolute Gasteiger partial charge is 0.416 e. The van der Waals surface area contributed by atoms with Crippen molar-refractivity contribution in [3.05, 3.63) is 59.4 Å². The smallest absolute Gasteiger partial charge is 0.380 e. The van der Waals surface area contributed by atoms with Gasteiger partial charge >= 0.3 is 6.18 Å². The highest BCUT2D eigenvalue weighted by Crippen LogP contribution is 2.50. The van der Waals surface area contributed by atoms with Crippen molar-refractivity contribution in [2.45, 2.75) is 31.5 Å². The molecule has 0 bridgehead atoms. The van der Waals surface area contributed by atoms with Crippen LogP contribution in [0.1, 0.15) is 36.5 Å². The van der Waals surface area contributed by atoms with Crippen molar-refractivity contribution >= 4 is 5.69 Å². The number of pyridine rings is 1. The summed E-state index contributed by atoms with van der Waals surface area (Å²) < 4.78 is 39.1. The Kier molecular flexibility index (Phi) is 4.86. The van der Waals surface area contributed by atoms with Gasteiger partial charge in [-0.25, -0.2) is 0 Å².